The lowest BCUT2D eigenvalue weighted by atomic mass is 9.77. The molecule has 2 nitrogen and oxygen atoms in total. The second kappa shape index (κ2) is 4.99. The second-order valence-corrected chi connectivity index (χ2v) is 6.43. The third-order valence-corrected chi connectivity index (χ3v) is 4.95. The maximum Gasteiger partial charge on any atom is 0.223 e. The van der Waals surface area contributed by atoms with Gasteiger partial charge < -0.3 is 5.32 Å². The summed E-state index contributed by atoms with van der Waals surface area (Å²) in [5, 5.41) is 3.09. The average Bonchev–Trinajstić information content (AvgIpc) is 3.02. The average molecular weight is 237 g/mol. The Balaban J connectivity index is 1.99. The van der Waals surface area contributed by atoms with E-state index >= 15 is 0 Å². The number of carbonyl (C=O) groups excluding carboxylic acids is 1. The van der Waals surface area contributed by atoms with Gasteiger partial charge in [0, 0.05) is 12.5 Å². The molecule has 0 unspecified atom stereocenters. The molecule has 17 heavy (non-hydrogen) atoms. The maximum absolute atomic E-state index is 12.1. The molecule has 0 saturated heterocycles. The van der Waals surface area contributed by atoms with Gasteiger partial charge in [-0.25, -0.2) is 0 Å². The van der Waals surface area contributed by atoms with Gasteiger partial charge in [0.2, 0.25) is 5.91 Å². The molecule has 98 valence electrons. The summed E-state index contributed by atoms with van der Waals surface area (Å²) >= 11 is 0. The molecule has 0 radical (unpaired) electrons. The summed E-state index contributed by atoms with van der Waals surface area (Å²) in [7, 11) is 0. The van der Waals surface area contributed by atoms with Crippen molar-refractivity contribution in [3.63, 3.8) is 0 Å². The molecule has 2 fully saturated rings. The lowest BCUT2D eigenvalue weighted by Gasteiger charge is -2.28. The minimum Gasteiger partial charge on any atom is -0.356 e. The number of carbonyl (C=O) groups is 1. The molecule has 0 bridgehead atoms. The van der Waals surface area contributed by atoms with Crippen LogP contribution in [0.15, 0.2) is 0 Å². The highest BCUT2D eigenvalue weighted by Gasteiger charge is 2.61. The first-order valence-corrected chi connectivity index (χ1v) is 7.35. The quantitative estimate of drug-likeness (QED) is 0.800. The zero-order chi connectivity index (χ0) is 12.6. The van der Waals surface area contributed by atoms with E-state index in [2.05, 4.69) is 33.0 Å². The third kappa shape index (κ3) is 2.36. The van der Waals surface area contributed by atoms with Crippen LogP contribution in [0.4, 0.5) is 0 Å². The van der Waals surface area contributed by atoms with Crippen molar-refractivity contribution in [2.24, 2.45) is 35.5 Å². The number of fused-ring (bicyclic) bond motifs is 1. The molecule has 0 spiro atoms. The van der Waals surface area contributed by atoms with E-state index in [1.807, 2.05) is 0 Å². The van der Waals surface area contributed by atoms with Crippen LogP contribution in [-0.4, -0.2) is 12.5 Å². The van der Waals surface area contributed by atoms with Gasteiger partial charge in [-0.1, -0.05) is 34.1 Å². The number of rotatable bonds is 4. The van der Waals surface area contributed by atoms with Crippen LogP contribution in [0, 0.1) is 35.5 Å². The Morgan fingerprint density at radius 3 is 2.59 bits per heavy atom. The first-order valence-electron chi connectivity index (χ1n) is 7.35. The van der Waals surface area contributed by atoms with Crippen molar-refractivity contribution in [1.29, 1.82) is 0 Å². The Kier molecular flexibility index (Phi) is 3.79. The predicted molar refractivity (Wildman–Crippen MR) is 70.5 cm³/mol. The summed E-state index contributed by atoms with van der Waals surface area (Å²) < 4.78 is 0. The number of amides is 1. The lowest BCUT2D eigenvalue weighted by molar-refractivity contribution is -0.123. The van der Waals surface area contributed by atoms with Crippen LogP contribution < -0.4 is 5.32 Å². The van der Waals surface area contributed by atoms with Crippen LogP contribution >= 0.6 is 0 Å². The molecular formula is C15H27NO. The molecule has 2 saturated carbocycles. The van der Waals surface area contributed by atoms with E-state index in [4.69, 9.17) is 0 Å². The summed E-state index contributed by atoms with van der Waals surface area (Å²) in [6, 6.07) is 0. The zero-order valence-corrected chi connectivity index (χ0v) is 11.7. The lowest BCUT2D eigenvalue weighted by Crippen LogP contribution is -2.27. The van der Waals surface area contributed by atoms with E-state index < -0.39 is 0 Å². The first kappa shape index (κ1) is 12.9. The predicted octanol–water partition coefficient (Wildman–Crippen LogP) is 3.08. The van der Waals surface area contributed by atoms with E-state index in [1.54, 1.807) is 0 Å². The standard InChI is InChI=1S/C15H27NO/c1-5-8-16-15(17)14-12-10(4)6-7-11(9(2)3)13(12)14/h9-14H,5-8H2,1-4H3,(H,16,17)/t10-,11+,12+,13-,14-/m1/s1. The molecular weight excluding hydrogens is 210 g/mol. The van der Waals surface area contributed by atoms with Gasteiger partial charge in [0.25, 0.3) is 0 Å². The van der Waals surface area contributed by atoms with E-state index in [0.717, 1.165) is 30.7 Å². The van der Waals surface area contributed by atoms with Crippen LogP contribution in [0.25, 0.3) is 0 Å². The maximum atomic E-state index is 12.1. The van der Waals surface area contributed by atoms with Gasteiger partial charge in [0.1, 0.15) is 0 Å². The van der Waals surface area contributed by atoms with E-state index in [9.17, 15) is 4.79 Å². The summed E-state index contributed by atoms with van der Waals surface area (Å²) in [5.74, 6) is 4.33. The molecule has 0 aromatic carbocycles. The van der Waals surface area contributed by atoms with Crippen LogP contribution in [0.2, 0.25) is 0 Å². The van der Waals surface area contributed by atoms with Crippen molar-refractivity contribution < 1.29 is 4.79 Å². The highest BCUT2D eigenvalue weighted by Crippen LogP contribution is 2.62. The van der Waals surface area contributed by atoms with Gasteiger partial charge in [0.05, 0.1) is 0 Å². The van der Waals surface area contributed by atoms with Crippen LogP contribution in [-0.2, 0) is 4.79 Å². The highest BCUT2D eigenvalue weighted by atomic mass is 16.2. The van der Waals surface area contributed by atoms with Crippen molar-refractivity contribution in [2.45, 2.75) is 47.0 Å². The van der Waals surface area contributed by atoms with Gasteiger partial charge in [0.15, 0.2) is 0 Å². The van der Waals surface area contributed by atoms with Gasteiger partial charge >= 0.3 is 0 Å². The fourth-order valence-electron chi connectivity index (χ4n) is 3.98. The summed E-state index contributed by atoms with van der Waals surface area (Å²) in [6.45, 7) is 9.92. The van der Waals surface area contributed by atoms with E-state index in [1.165, 1.54) is 12.8 Å². The largest absolute Gasteiger partial charge is 0.356 e. The molecule has 2 aliphatic rings. The molecule has 0 heterocycles. The van der Waals surface area contributed by atoms with Gasteiger partial charge in [-0.3, -0.25) is 4.79 Å². The van der Waals surface area contributed by atoms with Crippen LogP contribution in [0.1, 0.15) is 47.0 Å². The third-order valence-electron chi connectivity index (χ3n) is 4.95. The SMILES string of the molecule is CCCNC(=O)[C@@H]1[C@@H]2[C@H]1[C@H](C(C)C)CC[C@H]2C. The molecule has 2 rings (SSSR count). The van der Waals surface area contributed by atoms with Crippen molar-refractivity contribution in [3.05, 3.63) is 0 Å². The van der Waals surface area contributed by atoms with E-state index in [-0.39, 0.29) is 0 Å². The van der Waals surface area contributed by atoms with Crippen molar-refractivity contribution in [3.8, 4) is 0 Å². The fourth-order valence-corrected chi connectivity index (χ4v) is 3.98. The molecule has 0 aliphatic heterocycles. The number of hydrogen-bond donors (Lipinski definition) is 1. The van der Waals surface area contributed by atoms with E-state index in [0.29, 0.717) is 23.7 Å². The minimum absolute atomic E-state index is 0.334. The Hall–Kier alpha value is -0.530. The molecule has 5 atom stereocenters. The molecule has 1 N–H and O–H groups in total. The Bertz CT molecular complexity index is 287. The summed E-state index contributed by atoms with van der Waals surface area (Å²) in [6.07, 6.45) is 3.69. The van der Waals surface area contributed by atoms with Crippen LogP contribution in [0.5, 0.6) is 0 Å². The van der Waals surface area contributed by atoms with Crippen LogP contribution in [0.3, 0.4) is 0 Å². The molecule has 0 aromatic rings. The highest BCUT2D eigenvalue weighted by molar-refractivity contribution is 5.82. The van der Waals surface area contributed by atoms with Crippen molar-refractivity contribution in [2.75, 3.05) is 6.54 Å². The zero-order valence-electron chi connectivity index (χ0n) is 11.7. The summed E-state index contributed by atoms with van der Waals surface area (Å²) in [5.41, 5.74) is 0. The fraction of sp³-hybridized carbons (Fsp3) is 0.933. The Morgan fingerprint density at radius 1 is 1.29 bits per heavy atom. The minimum atomic E-state index is 0.334. The van der Waals surface area contributed by atoms with Crippen molar-refractivity contribution in [1.82, 2.24) is 5.32 Å². The van der Waals surface area contributed by atoms with Gasteiger partial charge in [-0.15, -0.1) is 0 Å². The molecule has 2 heteroatoms. The van der Waals surface area contributed by atoms with Gasteiger partial charge in [-0.05, 0) is 42.4 Å². The Morgan fingerprint density at radius 2 is 2.00 bits per heavy atom. The molecule has 2 aliphatic carbocycles. The monoisotopic (exact) mass is 237 g/mol. The summed E-state index contributed by atoms with van der Waals surface area (Å²) in [4.78, 5) is 12.1. The molecule has 0 aromatic heterocycles. The van der Waals surface area contributed by atoms with Gasteiger partial charge in [-0.2, -0.15) is 0 Å². The topological polar surface area (TPSA) is 29.1 Å². The number of nitrogens with one attached hydrogen (secondary N) is 1. The number of hydrogen-bond acceptors (Lipinski definition) is 1. The second-order valence-electron chi connectivity index (χ2n) is 6.43. The smallest absolute Gasteiger partial charge is 0.223 e. The normalized spacial score (nSPS) is 39.9. The first-order chi connectivity index (χ1) is 8.07. The Labute approximate surface area is 106 Å². The van der Waals surface area contributed by atoms with Crippen molar-refractivity contribution >= 4 is 5.91 Å². The molecule has 1 amide bonds.